The molecule has 3 heteroatoms. The van der Waals surface area contributed by atoms with Crippen molar-refractivity contribution in [3.05, 3.63) is 71.8 Å². The van der Waals surface area contributed by atoms with Crippen molar-refractivity contribution in [2.45, 2.75) is 12.0 Å². The Kier molecular flexibility index (Phi) is 3.20. The van der Waals surface area contributed by atoms with Crippen LogP contribution in [-0.4, -0.2) is 11.5 Å². The van der Waals surface area contributed by atoms with E-state index < -0.39 is 12.0 Å². The second-order valence-corrected chi connectivity index (χ2v) is 3.78. The molecule has 2 aromatic carbocycles. The summed E-state index contributed by atoms with van der Waals surface area (Å²) in [6.07, 6.45) is -2.60. The van der Waals surface area contributed by atoms with Gasteiger partial charge in [-0.15, -0.1) is 0 Å². The van der Waals surface area contributed by atoms with E-state index in [4.69, 9.17) is 5.11 Å². The van der Waals surface area contributed by atoms with Crippen LogP contribution in [0.25, 0.3) is 0 Å². The van der Waals surface area contributed by atoms with Gasteiger partial charge in [-0.2, -0.15) is 0 Å². The quantitative estimate of drug-likeness (QED) is 0.864. The number of halogens is 2. The van der Waals surface area contributed by atoms with Crippen molar-refractivity contribution < 1.29 is 13.9 Å². The summed E-state index contributed by atoms with van der Waals surface area (Å²) in [6.45, 7) is 0. The Hall–Kier alpha value is -1.74. The molecule has 17 heavy (non-hydrogen) atoms. The van der Waals surface area contributed by atoms with E-state index in [1.807, 2.05) is 0 Å². The topological polar surface area (TPSA) is 20.2 Å². The Labute approximate surface area is 98.3 Å². The van der Waals surface area contributed by atoms with Crippen LogP contribution in [0, 0.1) is 0 Å². The van der Waals surface area contributed by atoms with E-state index in [-0.39, 0.29) is 11.1 Å². The minimum absolute atomic E-state index is 0.0983. The van der Waals surface area contributed by atoms with Gasteiger partial charge in [0, 0.05) is 0 Å². The number of rotatable bonds is 3. The van der Waals surface area contributed by atoms with Crippen LogP contribution in [0.5, 0.6) is 0 Å². The predicted molar refractivity (Wildman–Crippen MR) is 61.9 cm³/mol. The van der Waals surface area contributed by atoms with Crippen molar-refractivity contribution in [1.29, 1.82) is 0 Å². The maximum atomic E-state index is 14.8. The van der Waals surface area contributed by atoms with Crippen LogP contribution in [0.4, 0.5) is 8.78 Å². The van der Waals surface area contributed by atoms with Crippen LogP contribution >= 0.6 is 0 Å². The summed E-state index contributed by atoms with van der Waals surface area (Å²) in [5.41, 5.74) is -2.33. The third-order valence-electron chi connectivity index (χ3n) is 2.72. The van der Waals surface area contributed by atoms with E-state index >= 15 is 0 Å². The van der Waals surface area contributed by atoms with Gasteiger partial charge in [-0.3, -0.25) is 0 Å². The van der Waals surface area contributed by atoms with Crippen molar-refractivity contribution in [3.8, 4) is 0 Å². The monoisotopic (exact) mass is 234 g/mol. The molecule has 0 spiro atoms. The molecule has 0 saturated heterocycles. The molecule has 1 unspecified atom stereocenters. The molecular weight excluding hydrogens is 222 g/mol. The van der Waals surface area contributed by atoms with Crippen molar-refractivity contribution in [3.63, 3.8) is 0 Å². The molecule has 0 aromatic heterocycles. The smallest absolute Gasteiger partial charge is 0.239 e. The fraction of sp³-hybridized carbons (Fsp3) is 0.143. The minimum Gasteiger partial charge on any atom is -0.361 e. The Balaban J connectivity index is 2.55. The van der Waals surface area contributed by atoms with E-state index in [1.165, 1.54) is 24.3 Å². The fourth-order valence-electron chi connectivity index (χ4n) is 1.80. The Morgan fingerprint density at radius 2 is 1.18 bits per heavy atom. The van der Waals surface area contributed by atoms with Crippen molar-refractivity contribution in [1.82, 2.24) is 0 Å². The molecule has 0 saturated carbocycles. The summed E-state index contributed by atoms with van der Waals surface area (Å²) in [5.74, 6) is 0. The summed E-state index contributed by atoms with van der Waals surface area (Å²) in [6, 6.07) is 15.7. The molecular formula is C14H12F2O. The maximum Gasteiger partial charge on any atom is 0.239 e. The van der Waals surface area contributed by atoms with E-state index in [0.29, 0.717) is 0 Å². The lowest BCUT2D eigenvalue weighted by Crippen LogP contribution is -2.33. The second-order valence-electron chi connectivity index (χ2n) is 3.78. The minimum atomic E-state index is -2.60. The zero-order chi connectivity index (χ0) is 12.3. The summed E-state index contributed by atoms with van der Waals surface area (Å²) >= 11 is 0. The standard InChI is InChI=1S/C14H12F2O/c15-13(17)14(16,11-7-3-1-4-8-11)12-9-5-2-6-10-12/h1-10,13,17H. The molecule has 0 aliphatic carbocycles. The van der Waals surface area contributed by atoms with E-state index in [2.05, 4.69) is 0 Å². The number of aliphatic hydroxyl groups is 1. The highest BCUT2D eigenvalue weighted by atomic mass is 19.2. The van der Waals surface area contributed by atoms with Crippen molar-refractivity contribution in [2.24, 2.45) is 0 Å². The molecule has 1 nitrogen and oxygen atoms in total. The first-order valence-corrected chi connectivity index (χ1v) is 5.28. The average Bonchev–Trinajstić information content (AvgIpc) is 2.39. The van der Waals surface area contributed by atoms with Crippen LogP contribution in [0.1, 0.15) is 11.1 Å². The van der Waals surface area contributed by atoms with Crippen LogP contribution < -0.4 is 0 Å². The molecule has 0 amide bonds. The van der Waals surface area contributed by atoms with Gasteiger partial charge in [0.25, 0.3) is 0 Å². The van der Waals surface area contributed by atoms with Gasteiger partial charge in [-0.25, -0.2) is 8.78 Å². The summed E-state index contributed by atoms with van der Waals surface area (Å²) in [4.78, 5) is 0. The molecule has 2 aromatic rings. The van der Waals surface area contributed by atoms with Gasteiger partial charge in [0.1, 0.15) is 0 Å². The van der Waals surface area contributed by atoms with Crippen molar-refractivity contribution in [2.75, 3.05) is 0 Å². The molecule has 0 radical (unpaired) electrons. The molecule has 0 aliphatic heterocycles. The lowest BCUT2D eigenvalue weighted by molar-refractivity contribution is -0.0748. The van der Waals surface area contributed by atoms with Gasteiger partial charge >= 0.3 is 0 Å². The highest BCUT2D eigenvalue weighted by Crippen LogP contribution is 2.37. The Bertz CT molecular complexity index is 429. The average molecular weight is 234 g/mol. The molecule has 88 valence electrons. The van der Waals surface area contributed by atoms with Crippen molar-refractivity contribution >= 4 is 0 Å². The zero-order valence-corrected chi connectivity index (χ0v) is 9.05. The van der Waals surface area contributed by atoms with Crippen LogP contribution in [0.3, 0.4) is 0 Å². The number of aliphatic hydroxyl groups excluding tert-OH is 1. The molecule has 1 atom stereocenters. The van der Waals surface area contributed by atoms with Crippen LogP contribution in [-0.2, 0) is 5.67 Å². The Morgan fingerprint density at radius 1 is 0.824 bits per heavy atom. The Morgan fingerprint density at radius 3 is 1.47 bits per heavy atom. The number of hydrogen-bond donors (Lipinski definition) is 1. The molecule has 1 N–H and O–H groups in total. The second kappa shape index (κ2) is 4.63. The lowest BCUT2D eigenvalue weighted by atomic mass is 9.88. The molecule has 0 aliphatic rings. The normalized spacial score (nSPS) is 13.4. The summed E-state index contributed by atoms with van der Waals surface area (Å²) < 4.78 is 28.1. The number of benzene rings is 2. The van der Waals surface area contributed by atoms with E-state index in [1.54, 1.807) is 36.4 Å². The fourth-order valence-corrected chi connectivity index (χ4v) is 1.80. The van der Waals surface area contributed by atoms with Crippen LogP contribution in [0.15, 0.2) is 60.7 Å². The maximum absolute atomic E-state index is 14.8. The largest absolute Gasteiger partial charge is 0.361 e. The highest BCUT2D eigenvalue weighted by molar-refractivity contribution is 5.36. The van der Waals surface area contributed by atoms with Gasteiger partial charge in [0.05, 0.1) is 0 Å². The first-order chi connectivity index (χ1) is 8.15. The van der Waals surface area contributed by atoms with Gasteiger partial charge in [-0.05, 0) is 11.1 Å². The zero-order valence-electron chi connectivity index (χ0n) is 9.05. The SMILES string of the molecule is OC(F)C(F)(c1ccccc1)c1ccccc1. The van der Waals surface area contributed by atoms with E-state index in [9.17, 15) is 8.78 Å². The third-order valence-corrected chi connectivity index (χ3v) is 2.72. The van der Waals surface area contributed by atoms with Gasteiger partial charge in [0.2, 0.25) is 12.0 Å². The number of hydrogen-bond acceptors (Lipinski definition) is 1. The third kappa shape index (κ3) is 2.06. The predicted octanol–water partition coefficient (Wildman–Crippen LogP) is 3.19. The summed E-state index contributed by atoms with van der Waals surface area (Å²) in [5, 5.41) is 9.14. The molecule has 0 fully saturated rings. The first-order valence-electron chi connectivity index (χ1n) is 5.28. The van der Waals surface area contributed by atoms with Gasteiger partial charge in [0.15, 0.2) is 0 Å². The van der Waals surface area contributed by atoms with Gasteiger partial charge in [-0.1, -0.05) is 60.7 Å². The lowest BCUT2D eigenvalue weighted by Gasteiger charge is -2.26. The van der Waals surface area contributed by atoms with E-state index in [0.717, 1.165) is 0 Å². The van der Waals surface area contributed by atoms with Crippen LogP contribution in [0.2, 0.25) is 0 Å². The highest BCUT2D eigenvalue weighted by Gasteiger charge is 2.42. The number of alkyl halides is 2. The van der Waals surface area contributed by atoms with Gasteiger partial charge < -0.3 is 5.11 Å². The first kappa shape index (κ1) is 11.7. The summed E-state index contributed by atoms with van der Waals surface area (Å²) in [7, 11) is 0. The molecule has 0 heterocycles. The molecule has 0 bridgehead atoms. The molecule has 2 rings (SSSR count).